The first-order chi connectivity index (χ1) is 10.6. The Morgan fingerprint density at radius 3 is 2.39 bits per heavy atom. The van der Waals surface area contributed by atoms with Gasteiger partial charge in [0.1, 0.15) is 11.8 Å². The number of ether oxygens (including phenoxy) is 1. The lowest BCUT2D eigenvalue weighted by atomic mass is 10.0. The number of carboxylic acids is 1. The van der Waals surface area contributed by atoms with Crippen LogP contribution in [0.25, 0.3) is 0 Å². The first-order valence-corrected chi connectivity index (χ1v) is 8.35. The molecule has 0 heterocycles. The van der Waals surface area contributed by atoms with E-state index < -0.39 is 27.9 Å². The Bertz CT molecular complexity index is 699. The second-order valence-electron chi connectivity index (χ2n) is 5.40. The van der Waals surface area contributed by atoms with Gasteiger partial charge >= 0.3 is 5.97 Å². The number of hydrogen-bond donors (Lipinski definition) is 3. The fraction of sp³-hybridized carbons (Fsp3) is 0.429. The molecule has 1 aromatic carbocycles. The zero-order valence-corrected chi connectivity index (χ0v) is 13.9. The van der Waals surface area contributed by atoms with Crippen LogP contribution in [0.2, 0.25) is 0 Å². The summed E-state index contributed by atoms with van der Waals surface area (Å²) >= 11 is 0. The van der Waals surface area contributed by atoms with Gasteiger partial charge in [-0.1, -0.05) is 13.8 Å². The monoisotopic (exact) mass is 344 g/mol. The van der Waals surface area contributed by atoms with Gasteiger partial charge in [0.15, 0.2) is 0 Å². The van der Waals surface area contributed by atoms with E-state index in [1.807, 2.05) is 13.8 Å². The molecule has 0 aliphatic carbocycles. The van der Waals surface area contributed by atoms with Crippen LogP contribution >= 0.6 is 0 Å². The van der Waals surface area contributed by atoms with Gasteiger partial charge in [-0.2, -0.15) is 0 Å². The molecule has 1 aromatic rings. The van der Waals surface area contributed by atoms with Crippen LogP contribution < -0.4 is 15.2 Å². The quantitative estimate of drug-likeness (QED) is 0.661. The van der Waals surface area contributed by atoms with Crippen molar-refractivity contribution < 1.29 is 27.9 Å². The summed E-state index contributed by atoms with van der Waals surface area (Å²) in [7, 11) is -2.69. The SMILES string of the molecule is COc1ccc(S(N)(=O)=O)cc1C(=O)N[C@H](CC(C)C)C(=O)O. The molecule has 1 amide bonds. The second kappa shape index (κ2) is 7.42. The molecule has 0 aliphatic rings. The summed E-state index contributed by atoms with van der Waals surface area (Å²) in [6, 6.07) is 2.45. The van der Waals surface area contributed by atoms with E-state index in [-0.39, 0.29) is 28.5 Å². The summed E-state index contributed by atoms with van der Waals surface area (Å²) in [6.45, 7) is 3.65. The van der Waals surface area contributed by atoms with Crippen molar-refractivity contribution in [3.8, 4) is 5.75 Å². The standard InChI is InChI=1S/C14H20N2O6S/c1-8(2)6-11(14(18)19)16-13(17)10-7-9(23(15,20)21)4-5-12(10)22-3/h4-5,7-8,11H,6H2,1-3H3,(H,16,17)(H,18,19)(H2,15,20,21)/t11-/m1/s1. The summed E-state index contributed by atoms with van der Waals surface area (Å²) in [4.78, 5) is 23.3. The Balaban J connectivity index is 3.17. The molecule has 4 N–H and O–H groups in total. The van der Waals surface area contributed by atoms with Crippen molar-refractivity contribution in [3.05, 3.63) is 23.8 Å². The van der Waals surface area contributed by atoms with Crippen LogP contribution in [0.3, 0.4) is 0 Å². The molecule has 0 saturated heterocycles. The van der Waals surface area contributed by atoms with Crippen molar-refractivity contribution in [1.29, 1.82) is 0 Å². The number of rotatable bonds is 7. The van der Waals surface area contributed by atoms with Gasteiger partial charge in [-0.25, -0.2) is 18.4 Å². The third-order valence-electron chi connectivity index (χ3n) is 3.05. The summed E-state index contributed by atoms with van der Waals surface area (Å²) in [5.41, 5.74) is -0.103. The van der Waals surface area contributed by atoms with Crippen LogP contribution in [0.1, 0.15) is 30.6 Å². The Kier molecular flexibility index (Phi) is 6.11. The van der Waals surface area contributed by atoms with E-state index in [4.69, 9.17) is 15.0 Å². The number of carboxylic acid groups (broad SMARTS) is 1. The van der Waals surface area contributed by atoms with Crippen molar-refractivity contribution in [2.75, 3.05) is 7.11 Å². The second-order valence-corrected chi connectivity index (χ2v) is 6.96. The normalized spacial score (nSPS) is 12.7. The fourth-order valence-corrected chi connectivity index (χ4v) is 2.51. The first kappa shape index (κ1) is 18.9. The Labute approximate surface area is 134 Å². The Hall–Kier alpha value is -2.13. The predicted molar refractivity (Wildman–Crippen MR) is 82.7 cm³/mol. The van der Waals surface area contributed by atoms with Gasteiger partial charge in [-0.15, -0.1) is 0 Å². The van der Waals surface area contributed by atoms with Crippen LogP contribution in [0, 0.1) is 5.92 Å². The Morgan fingerprint density at radius 1 is 1.35 bits per heavy atom. The number of benzene rings is 1. The molecule has 23 heavy (non-hydrogen) atoms. The third kappa shape index (κ3) is 5.22. The lowest BCUT2D eigenvalue weighted by Crippen LogP contribution is -2.41. The highest BCUT2D eigenvalue weighted by Gasteiger charge is 2.24. The van der Waals surface area contributed by atoms with Gasteiger partial charge < -0.3 is 15.2 Å². The minimum Gasteiger partial charge on any atom is -0.496 e. The van der Waals surface area contributed by atoms with E-state index in [0.717, 1.165) is 6.07 Å². The van der Waals surface area contributed by atoms with E-state index in [1.165, 1.54) is 19.2 Å². The van der Waals surface area contributed by atoms with Crippen LogP contribution in [-0.4, -0.2) is 38.6 Å². The summed E-state index contributed by atoms with van der Waals surface area (Å²) < 4.78 is 27.8. The average Bonchev–Trinajstić information content (AvgIpc) is 2.44. The van der Waals surface area contributed by atoms with Gasteiger partial charge in [0, 0.05) is 0 Å². The molecule has 0 fully saturated rings. The molecule has 0 unspecified atom stereocenters. The minimum atomic E-state index is -4.00. The van der Waals surface area contributed by atoms with E-state index in [0.29, 0.717) is 0 Å². The van der Waals surface area contributed by atoms with Crippen LogP contribution in [0.5, 0.6) is 5.75 Å². The smallest absolute Gasteiger partial charge is 0.326 e. The predicted octanol–water partition coefficient (Wildman–Crippen LogP) is 0.572. The van der Waals surface area contributed by atoms with E-state index in [9.17, 15) is 18.0 Å². The molecule has 0 spiro atoms. The minimum absolute atomic E-state index is 0.0500. The molecule has 8 nitrogen and oxygen atoms in total. The largest absolute Gasteiger partial charge is 0.496 e. The maximum Gasteiger partial charge on any atom is 0.326 e. The lowest BCUT2D eigenvalue weighted by molar-refractivity contribution is -0.139. The zero-order valence-electron chi connectivity index (χ0n) is 13.1. The number of methoxy groups -OCH3 is 1. The van der Waals surface area contributed by atoms with Crippen LogP contribution in [0.15, 0.2) is 23.1 Å². The van der Waals surface area contributed by atoms with Crippen molar-refractivity contribution in [2.24, 2.45) is 11.1 Å². The highest BCUT2D eigenvalue weighted by atomic mass is 32.2. The number of nitrogens with two attached hydrogens (primary N) is 1. The van der Waals surface area contributed by atoms with Gasteiger partial charge in [-0.05, 0) is 30.5 Å². The first-order valence-electron chi connectivity index (χ1n) is 6.80. The molecule has 1 rings (SSSR count). The molecule has 0 aromatic heterocycles. The number of nitrogens with one attached hydrogen (secondary N) is 1. The van der Waals surface area contributed by atoms with E-state index in [1.54, 1.807) is 0 Å². The number of carbonyl (C=O) groups is 2. The van der Waals surface area contributed by atoms with E-state index >= 15 is 0 Å². The fourth-order valence-electron chi connectivity index (χ4n) is 1.97. The number of sulfonamides is 1. The molecular formula is C14H20N2O6S. The van der Waals surface area contributed by atoms with Crippen molar-refractivity contribution >= 4 is 21.9 Å². The lowest BCUT2D eigenvalue weighted by Gasteiger charge is -2.17. The molecule has 0 radical (unpaired) electrons. The van der Waals surface area contributed by atoms with Crippen LogP contribution in [-0.2, 0) is 14.8 Å². The summed E-state index contributed by atoms with van der Waals surface area (Å²) in [6.07, 6.45) is 0.234. The van der Waals surface area contributed by atoms with Gasteiger partial charge in [0.2, 0.25) is 10.0 Å². The number of aliphatic carboxylic acids is 1. The average molecular weight is 344 g/mol. The molecule has 0 saturated carbocycles. The molecule has 128 valence electrons. The number of primary sulfonamides is 1. The number of carbonyl (C=O) groups excluding carboxylic acids is 1. The highest BCUT2D eigenvalue weighted by molar-refractivity contribution is 7.89. The summed E-state index contributed by atoms with van der Waals surface area (Å²) in [5.74, 6) is -1.76. The number of hydrogen-bond acceptors (Lipinski definition) is 5. The topological polar surface area (TPSA) is 136 Å². The molecule has 9 heteroatoms. The maximum atomic E-state index is 12.3. The molecule has 1 atom stereocenters. The Morgan fingerprint density at radius 2 is 1.96 bits per heavy atom. The van der Waals surface area contributed by atoms with Gasteiger partial charge in [-0.3, -0.25) is 4.79 Å². The molecule has 0 bridgehead atoms. The maximum absolute atomic E-state index is 12.3. The highest BCUT2D eigenvalue weighted by Crippen LogP contribution is 2.22. The van der Waals surface area contributed by atoms with Gasteiger partial charge in [0.25, 0.3) is 5.91 Å². The van der Waals surface area contributed by atoms with Crippen molar-refractivity contribution in [3.63, 3.8) is 0 Å². The number of amides is 1. The van der Waals surface area contributed by atoms with E-state index in [2.05, 4.69) is 5.32 Å². The van der Waals surface area contributed by atoms with Gasteiger partial charge in [0.05, 0.1) is 17.6 Å². The zero-order chi connectivity index (χ0) is 17.8. The molecular weight excluding hydrogens is 324 g/mol. The summed E-state index contributed by atoms with van der Waals surface area (Å²) in [5, 5.41) is 16.6. The van der Waals surface area contributed by atoms with Crippen LogP contribution in [0.4, 0.5) is 0 Å². The molecule has 0 aliphatic heterocycles. The van der Waals surface area contributed by atoms with Crippen molar-refractivity contribution in [1.82, 2.24) is 5.32 Å². The van der Waals surface area contributed by atoms with Crippen molar-refractivity contribution in [2.45, 2.75) is 31.2 Å². The third-order valence-corrected chi connectivity index (χ3v) is 3.97.